The fourth-order valence-corrected chi connectivity index (χ4v) is 7.57. The van der Waals surface area contributed by atoms with Gasteiger partial charge in [-0.15, -0.1) is 0 Å². The maximum Gasteiger partial charge on any atom is 0.407 e. The fourth-order valence-electron chi connectivity index (χ4n) is 7.57. The number of alkyl carbamates (subject to hydrolysis) is 1. The van der Waals surface area contributed by atoms with Gasteiger partial charge in [-0.3, -0.25) is 4.79 Å². The van der Waals surface area contributed by atoms with E-state index < -0.39 is 24.0 Å². The maximum atomic E-state index is 13.9. The number of hydrogen-bond donors (Lipinski definition) is 4. The Morgan fingerprint density at radius 2 is 1.51 bits per heavy atom. The van der Waals surface area contributed by atoms with Crippen molar-refractivity contribution in [3.8, 4) is 33.6 Å². The van der Waals surface area contributed by atoms with Crippen LogP contribution in [0, 0.1) is 5.92 Å². The summed E-state index contributed by atoms with van der Waals surface area (Å²) in [6.07, 6.45) is 5.79. The highest BCUT2D eigenvalue weighted by Crippen LogP contribution is 2.43. The van der Waals surface area contributed by atoms with E-state index in [0.29, 0.717) is 31.5 Å². The standard InChI is InChI=1S/C39H43N7O5/c1-23(2)34(45-38(48)49-3)37(47)46-22-39(50-15-16-51-39)19-33(46)36-42-21-32(44-36)29-13-12-27-17-26(10-11-28(27)18-29)24-6-8-25(9-7-24)31-20-41-35(43-31)30-5-4-14-40-30/h6-13,17-18,20-21,23,30,33-34,40H,4-5,14-16,19,22H2,1-3H3,(H,41,43)(H,42,44)(H,45,48)/t30?,33-,34-/m0/s1. The third-order valence-corrected chi connectivity index (χ3v) is 10.4. The molecule has 3 aliphatic heterocycles. The summed E-state index contributed by atoms with van der Waals surface area (Å²) in [6, 6.07) is 20.6. The van der Waals surface area contributed by atoms with E-state index >= 15 is 0 Å². The molecule has 3 saturated heterocycles. The van der Waals surface area contributed by atoms with Crippen LogP contribution in [0.15, 0.2) is 73.1 Å². The quantitative estimate of drug-likeness (QED) is 0.153. The number of fused-ring (bicyclic) bond motifs is 1. The average molecular weight is 690 g/mol. The van der Waals surface area contributed by atoms with Crippen molar-refractivity contribution in [1.82, 2.24) is 35.5 Å². The second kappa shape index (κ2) is 13.6. The Balaban J connectivity index is 1.01. The smallest absolute Gasteiger partial charge is 0.407 e. The Kier molecular flexibility index (Phi) is 8.83. The normalized spacial score (nSPS) is 20.4. The van der Waals surface area contributed by atoms with E-state index in [1.165, 1.54) is 13.5 Å². The molecule has 12 heteroatoms. The van der Waals surface area contributed by atoms with Crippen molar-refractivity contribution in [1.29, 1.82) is 0 Å². The molecule has 51 heavy (non-hydrogen) atoms. The number of amides is 2. The van der Waals surface area contributed by atoms with Crippen molar-refractivity contribution in [2.45, 2.75) is 57.0 Å². The van der Waals surface area contributed by atoms with Gasteiger partial charge < -0.3 is 39.7 Å². The molecular formula is C39H43N7O5. The Morgan fingerprint density at radius 1 is 0.882 bits per heavy atom. The largest absolute Gasteiger partial charge is 0.453 e. The van der Waals surface area contributed by atoms with Gasteiger partial charge in [-0.25, -0.2) is 14.8 Å². The van der Waals surface area contributed by atoms with Gasteiger partial charge in [-0.1, -0.05) is 62.4 Å². The lowest BCUT2D eigenvalue weighted by atomic mass is 9.98. The van der Waals surface area contributed by atoms with Gasteiger partial charge >= 0.3 is 6.09 Å². The zero-order valence-corrected chi connectivity index (χ0v) is 29.1. The molecule has 0 aliphatic carbocycles. The van der Waals surface area contributed by atoms with Gasteiger partial charge in [0, 0.05) is 12.0 Å². The first-order chi connectivity index (χ1) is 24.8. The molecule has 5 heterocycles. The van der Waals surface area contributed by atoms with Crippen LogP contribution in [0.5, 0.6) is 0 Å². The van der Waals surface area contributed by atoms with Crippen LogP contribution in [-0.2, 0) is 19.0 Å². The van der Waals surface area contributed by atoms with E-state index in [9.17, 15) is 9.59 Å². The van der Waals surface area contributed by atoms with Crippen molar-refractivity contribution in [2.75, 3.05) is 33.4 Å². The molecule has 3 atom stereocenters. The third kappa shape index (κ3) is 6.50. The van der Waals surface area contributed by atoms with Crippen molar-refractivity contribution in [2.24, 2.45) is 5.92 Å². The zero-order chi connectivity index (χ0) is 35.1. The van der Waals surface area contributed by atoms with E-state index in [2.05, 4.69) is 86.2 Å². The summed E-state index contributed by atoms with van der Waals surface area (Å²) in [7, 11) is 1.28. The van der Waals surface area contributed by atoms with Crippen LogP contribution >= 0.6 is 0 Å². The van der Waals surface area contributed by atoms with E-state index in [1.54, 1.807) is 11.1 Å². The van der Waals surface area contributed by atoms with Crippen LogP contribution in [0.3, 0.4) is 0 Å². The zero-order valence-electron chi connectivity index (χ0n) is 29.1. The minimum atomic E-state index is -0.906. The number of nitrogens with zero attached hydrogens (tertiary/aromatic N) is 3. The van der Waals surface area contributed by atoms with Crippen LogP contribution in [0.4, 0.5) is 4.79 Å². The number of carbonyl (C=O) groups is 2. The fraction of sp³-hybridized carbons (Fsp3) is 0.385. The summed E-state index contributed by atoms with van der Waals surface area (Å²) >= 11 is 0. The molecule has 5 aromatic rings. The number of aromatic nitrogens is 4. The van der Waals surface area contributed by atoms with Crippen molar-refractivity contribution >= 4 is 22.8 Å². The minimum absolute atomic E-state index is 0.168. The molecule has 264 valence electrons. The maximum absolute atomic E-state index is 13.9. The molecular weight excluding hydrogens is 646 g/mol. The van der Waals surface area contributed by atoms with E-state index in [4.69, 9.17) is 19.2 Å². The van der Waals surface area contributed by atoms with Gasteiger partial charge in [0.2, 0.25) is 5.91 Å². The summed E-state index contributed by atoms with van der Waals surface area (Å²) in [5.41, 5.74) is 6.25. The monoisotopic (exact) mass is 689 g/mol. The van der Waals surface area contributed by atoms with Crippen molar-refractivity contribution in [3.63, 3.8) is 0 Å². The number of carbonyl (C=O) groups excluding carboxylic acids is 2. The van der Waals surface area contributed by atoms with Gasteiger partial charge in [0.15, 0.2) is 5.79 Å². The number of likely N-dealkylation sites (tertiary alicyclic amines) is 1. The number of benzene rings is 3. The van der Waals surface area contributed by atoms with E-state index in [0.717, 1.165) is 63.2 Å². The number of ether oxygens (including phenoxy) is 3. The number of H-pyrrole nitrogens is 2. The van der Waals surface area contributed by atoms with E-state index in [1.807, 2.05) is 20.0 Å². The van der Waals surface area contributed by atoms with Crippen LogP contribution in [0.25, 0.3) is 44.4 Å². The molecule has 2 amide bonds. The Bertz CT molecular complexity index is 2040. The lowest BCUT2D eigenvalue weighted by molar-refractivity contribution is -0.153. The molecule has 8 rings (SSSR count). The molecule has 1 spiro atoms. The molecule has 2 aromatic heterocycles. The van der Waals surface area contributed by atoms with Crippen molar-refractivity contribution < 1.29 is 23.8 Å². The highest BCUT2D eigenvalue weighted by Gasteiger charge is 2.52. The van der Waals surface area contributed by atoms with Crippen molar-refractivity contribution in [3.05, 3.63) is 84.7 Å². The first-order valence-corrected chi connectivity index (χ1v) is 17.7. The summed E-state index contributed by atoms with van der Waals surface area (Å²) in [5.74, 6) is 0.330. The van der Waals surface area contributed by atoms with Gasteiger partial charge in [-0.2, -0.15) is 0 Å². The second-order valence-corrected chi connectivity index (χ2v) is 14.0. The number of aromatic amines is 2. The average Bonchev–Trinajstić information content (AvgIpc) is 4.00. The molecule has 1 unspecified atom stereocenters. The number of rotatable bonds is 8. The minimum Gasteiger partial charge on any atom is -0.453 e. The molecule has 3 fully saturated rings. The summed E-state index contributed by atoms with van der Waals surface area (Å²) in [5, 5.41) is 8.44. The first-order valence-electron chi connectivity index (χ1n) is 17.7. The first kappa shape index (κ1) is 33.1. The van der Waals surface area contributed by atoms with Gasteiger partial charge in [0.05, 0.1) is 62.7 Å². The molecule has 0 saturated carbocycles. The topological polar surface area (TPSA) is 146 Å². The molecule has 3 aliphatic rings. The predicted molar refractivity (Wildman–Crippen MR) is 192 cm³/mol. The number of hydrogen-bond acceptors (Lipinski definition) is 8. The van der Waals surface area contributed by atoms with Crippen LogP contribution in [0.2, 0.25) is 0 Å². The highest BCUT2D eigenvalue weighted by atomic mass is 16.7. The van der Waals surface area contributed by atoms with Gasteiger partial charge in [0.1, 0.15) is 17.7 Å². The van der Waals surface area contributed by atoms with Crippen LogP contribution in [0.1, 0.15) is 56.8 Å². The number of nitrogens with one attached hydrogen (secondary N) is 4. The second-order valence-electron chi connectivity index (χ2n) is 14.0. The Morgan fingerprint density at radius 3 is 2.20 bits per heavy atom. The number of methoxy groups -OCH3 is 1. The lowest BCUT2D eigenvalue weighted by Crippen LogP contribution is -2.52. The molecule has 3 aromatic carbocycles. The summed E-state index contributed by atoms with van der Waals surface area (Å²) < 4.78 is 16.9. The van der Waals surface area contributed by atoms with Crippen LogP contribution < -0.4 is 10.6 Å². The predicted octanol–water partition coefficient (Wildman–Crippen LogP) is 6.11. The molecule has 12 nitrogen and oxygen atoms in total. The lowest BCUT2D eigenvalue weighted by Gasteiger charge is -2.30. The summed E-state index contributed by atoms with van der Waals surface area (Å²) in [6.45, 7) is 5.97. The Hall–Kier alpha value is -5.04. The Labute approximate surface area is 296 Å². The third-order valence-electron chi connectivity index (χ3n) is 10.4. The highest BCUT2D eigenvalue weighted by molar-refractivity contribution is 5.91. The summed E-state index contributed by atoms with van der Waals surface area (Å²) in [4.78, 5) is 44.1. The number of imidazole rings is 2. The SMILES string of the molecule is COC(=O)N[C@H](C(=O)N1CC2(C[C@H]1c1ncc(-c3ccc4cc(-c5ccc(-c6cnc(C7CCCN7)[nH]6)cc5)ccc4c3)[nH]1)OCCO2)C(C)C. The molecule has 0 bridgehead atoms. The van der Waals surface area contributed by atoms with Gasteiger partial charge in [-0.05, 0) is 64.9 Å². The molecule has 0 radical (unpaired) electrons. The van der Waals surface area contributed by atoms with E-state index in [-0.39, 0.29) is 18.4 Å². The van der Waals surface area contributed by atoms with Gasteiger partial charge in [0.25, 0.3) is 0 Å². The van der Waals surface area contributed by atoms with Crippen LogP contribution in [-0.4, -0.2) is 82.1 Å². The molecule has 4 N–H and O–H groups in total.